The van der Waals surface area contributed by atoms with Crippen molar-refractivity contribution in [3.8, 4) is 0 Å². The monoisotopic (exact) mass is 506 g/mol. The highest BCUT2D eigenvalue weighted by molar-refractivity contribution is 5.50. The number of rotatable bonds is 8. The molecule has 1 aromatic rings. The number of fused-ring (bicyclic) bond motifs is 4. The van der Waals surface area contributed by atoms with Gasteiger partial charge in [0.15, 0.2) is 6.29 Å². The Labute approximate surface area is 226 Å². The van der Waals surface area contributed by atoms with Gasteiger partial charge in [-0.15, -0.1) is 0 Å². The number of ether oxygens (including phenoxy) is 3. The molecule has 0 amide bonds. The molecule has 5 rings (SSSR count). The van der Waals surface area contributed by atoms with E-state index in [1.165, 1.54) is 37.7 Å². The molecule has 37 heavy (non-hydrogen) atoms. The van der Waals surface area contributed by atoms with Gasteiger partial charge in [0, 0.05) is 6.61 Å². The van der Waals surface area contributed by atoms with Crippen LogP contribution in [0.1, 0.15) is 99.0 Å². The third-order valence-corrected chi connectivity index (χ3v) is 11.1. The molecule has 3 nitrogen and oxygen atoms in total. The second-order valence-electron chi connectivity index (χ2n) is 13.4. The molecule has 4 aliphatic carbocycles. The zero-order chi connectivity index (χ0) is 26.4. The van der Waals surface area contributed by atoms with E-state index in [1.807, 2.05) is 6.92 Å². The zero-order valence-electron chi connectivity index (χ0n) is 24.4. The number of allylic oxidation sites excluding steroid dienone is 4. The Balaban J connectivity index is 1.34. The van der Waals surface area contributed by atoms with Gasteiger partial charge in [-0.25, -0.2) is 0 Å². The zero-order valence-corrected chi connectivity index (χ0v) is 24.4. The lowest BCUT2D eigenvalue weighted by atomic mass is 9.46. The van der Waals surface area contributed by atoms with Gasteiger partial charge in [-0.1, -0.05) is 69.7 Å². The topological polar surface area (TPSA) is 27.7 Å². The summed E-state index contributed by atoms with van der Waals surface area (Å²) in [5, 5.41) is 0. The number of hydrogen-bond acceptors (Lipinski definition) is 3. The molecule has 1 fully saturated rings. The van der Waals surface area contributed by atoms with Gasteiger partial charge in [-0.2, -0.15) is 0 Å². The molecule has 4 aliphatic rings. The van der Waals surface area contributed by atoms with Crippen molar-refractivity contribution in [2.45, 2.75) is 119 Å². The van der Waals surface area contributed by atoms with Gasteiger partial charge in [0.2, 0.25) is 0 Å². The lowest BCUT2D eigenvalue weighted by Gasteiger charge is -2.60. The largest absolute Gasteiger partial charge is 0.373 e. The van der Waals surface area contributed by atoms with E-state index in [2.05, 4.69) is 78.0 Å². The molecule has 0 saturated heterocycles. The predicted octanol–water partition coefficient (Wildman–Crippen LogP) is 8.64. The minimum atomic E-state index is -0.126. The van der Waals surface area contributed by atoms with Crippen molar-refractivity contribution in [2.24, 2.45) is 28.1 Å². The van der Waals surface area contributed by atoms with Gasteiger partial charge >= 0.3 is 0 Å². The van der Waals surface area contributed by atoms with E-state index in [4.69, 9.17) is 14.2 Å². The molecular formula is C34H50O3. The molecule has 0 heterocycles. The van der Waals surface area contributed by atoms with E-state index in [0.717, 1.165) is 12.8 Å². The second-order valence-corrected chi connectivity index (χ2v) is 13.4. The highest BCUT2D eigenvalue weighted by Gasteiger charge is 2.58. The van der Waals surface area contributed by atoms with Crippen LogP contribution in [-0.4, -0.2) is 25.1 Å². The van der Waals surface area contributed by atoms with Crippen LogP contribution in [-0.2, 0) is 20.8 Å². The summed E-state index contributed by atoms with van der Waals surface area (Å²) in [6, 6.07) is 10.6. The maximum atomic E-state index is 6.49. The maximum Gasteiger partial charge on any atom is 0.155 e. The highest BCUT2D eigenvalue weighted by Crippen LogP contribution is 2.66. The Kier molecular flexibility index (Phi) is 7.55. The Hall–Kier alpha value is -1.42. The van der Waals surface area contributed by atoms with Gasteiger partial charge < -0.3 is 14.2 Å². The smallest absolute Gasteiger partial charge is 0.155 e. The van der Waals surface area contributed by atoms with Crippen LogP contribution in [0.25, 0.3) is 0 Å². The molecular weight excluding hydrogens is 456 g/mol. The summed E-state index contributed by atoms with van der Waals surface area (Å²) in [5.74, 6) is 1.22. The van der Waals surface area contributed by atoms with E-state index in [1.54, 1.807) is 16.7 Å². The average molecular weight is 507 g/mol. The Bertz CT molecular complexity index is 1020. The normalized spacial score (nSPS) is 36.3. The summed E-state index contributed by atoms with van der Waals surface area (Å²) in [7, 11) is 0. The first-order valence-electron chi connectivity index (χ1n) is 15.0. The minimum absolute atomic E-state index is 0.126. The first-order valence-corrected chi connectivity index (χ1v) is 15.0. The predicted molar refractivity (Wildman–Crippen MR) is 151 cm³/mol. The summed E-state index contributed by atoms with van der Waals surface area (Å²) >= 11 is 0. The molecule has 1 saturated carbocycles. The number of benzene rings is 1. The molecule has 4 unspecified atom stereocenters. The second kappa shape index (κ2) is 10.3. The van der Waals surface area contributed by atoms with Crippen LogP contribution in [0.4, 0.5) is 0 Å². The van der Waals surface area contributed by atoms with Gasteiger partial charge in [-0.3, -0.25) is 0 Å². The molecule has 7 atom stereocenters. The van der Waals surface area contributed by atoms with Crippen molar-refractivity contribution in [1.82, 2.24) is 0 Å². The van der Waals surface area contributed by atoms with Crippen LogP contribution in [0.5, 0.6) is 0 Å². The van der Waals surface area contributed by atoms with Crippen molar-refractivity contribution >= 4 is 0 Å². The molecule has 204 valence electrons. The first kappa shape index (κ1) is 27.2. The third-order valence-electron chi connectivity index (χ3n) is 11.1. The molecule has 1 aromatic carbocycles. The molecule has 3 heteroatoms. The molecule has 0 N–H and O–H groups in total. The molecule has 0 bridgehead atoms. The van der Waals surface area contributed by atoms with Crippen molar-refractivity contribution in [3.05, 3.63) is 58.7 Å². The van der Waals surface area contributed by atoms with Gasteiger partial charge in [-0.05, 0) is 111 Å². The third kappa shape index (κ3) is 4.68. The van der Waals surface area contributed by atoms with E-state index >= 15 is 0 Å². The maximum absolute atomic E-state index is 6.49. The summed E-state index contributed by atoms with van der Waals surface area (Å²) in [5.41, 5.74) is 7.11. The minimum Gasteiger partial charge on any atom is -0.373 e. The fraction of sp³-hybridized carbons (Fsp3) is 0.706. The van der Waals surface area contributed by atoms with Crippen LogP contribution in [0.3, 0.4) is 0 Å². The van der Waals surface area contributed by atoms with Crippen LogP contribution >= 0.6 is 0 Å². The van der Waals surface area contributed by atoms with Crippen molar-refractivity contribution in [1.29, 1.82) is 0 Å². The summed E-state index contributed by atoms with van der Waals surface area (Å²) in [6.45, 7) is 17.9. The van der Waals surface area contributed by atoms with Crippen molar-refractivity contribution in [3.63, 3.8) is 0 Å². The van der Waals surface area contributed by atoms with Gasteiger partial charge in [0.05, 0.1) is 18.8 Å². The van der Waals surface area contributed by atoms with Crippen LogP contribution < -0.4 is 0 Å². The molecule has 0 spiro atoms. The van der Waals surface area contributed by atoms with E-state index in [-0.39, 0.29) is 34.7 Å². The van der Waals surface area contributed by atoms with Crippen LogP contribution in [0.15, 0.2) is 53.1 Å². The van der Waals surface area contributed by atoms with Gasteiger partial charge in [0.25, 0.3) is 0 Å². The lowest BCUT2D eigenvalue weighted by Crippen LogP contribution is -2.54. The summed E-state index contributed by atoms with van der Waals surface area (Å²) in [4.78, 5) is 0. The van der Waals surface area contributed by atoms with E-state index in [0.29, 0.717) is 25.0 Å². The Morgan fingerprint density at radius 1 is 0.919 bits per heavy atom. The fourth-order valence-corrected chi connectivity index (χ4v) is 9.08. The lowest BCUT2D eigenvalue weighted by molar-refractivity contribution is -0.214. The summed E-state index contributed by atoms with van der Waals surface area (Å²) in [6.07, 6.45) is 11.5. The Morgan fingerprint density at radius 3 is 2.41 bits per heavy atom. The molecule has 0 aromatic heterocycles. The Morgan fingerprint density at radius 2 is 1.68 bits per heavy atom. The van der Waals surface area contributed by atoms with Gasteiger partial charge in [0.1, 0.15) is 0 Å². The molecule has 0 radical (unpaired) electrons. The van der Waals surface area contributed by atoms with Crippen LogP contribution in [0, 0.1) is 28.1 Å². The SMILES string of the molecule is CCOC(C)OC1CC[C@]2(C)C3=C(CCC2C1(C)C)C1=CC[C@H](C(C)OCc2ccccc2)[C@@]1(C)CC3. The fourth-order valence-electron chi connectivity index (χ4n) is 9.08. The van der Waals surface area contributed by atoms with Crippen molar-refractivity contribution < 1.29 is 14.2 Å². The van der Waals surface area contributed by atoms with E-state index < -0.39 is 0 Å². The summed E-state index contributed by atoms with van der Waals surface area (Å²) < 4.78 is 18.7. The molecule has 0 aliphatic heterocycles. The standard InChI is InChI=1S/C34H50O3/c1-8-35-24(3)37-31-19-21-34(7)29-18-20-33(6)27(23(2)36-22-25-12-10-9-11-13-25)15-16-28(33)26(29)14-17-30(34)32(31,4)5/h9-13,16,23-24,27,30-31H,8,14-15,17-22H2,1-7H3/t23?,24?,27-,30?,31?,33-,34-/m1/s1. The number of hydrogen-bond donors (Lipinski definition) is 0. The average Bonchev–Trinajstić information content (AvgIpc) is 3.22. The van der Waals surface area contributed by atoms with Crippen molar-refractivity contribution in [2.75, 3.05) is 6.61 Å². The quantitative estimate of drug-likeness (QED) is 0.330. The van der Waals surface area contributed by atoms with E-state index in [9.17, 15) is 0 Å². The first-order chi connectivity index (χ1) is 17.6. The van der Waals surface area contributed by atoms with Crippen LogP contribution in [0.2, 0.25) is 0 Å². The highest BCUT2D eigenvalue weighted by atomic mass is 16.7.